The minimum Gasteiger partial charge on any atom is -0.449 e. The lowest BCUT2D eigenvalue weighted by molar-refractivity contribution is -0.123. The molecule has 156 valence electrons. The molecule has 1 heterocycles. The van der Waals surface area contributed by atoms with Gasteiger partial charge in [-0.3, -0.25) is 4.79 Å². The summed E-state index contributed by atoms with van der Waals surface area (Å²) >= 11 is 1.34. The van der Waals surface area contributed by atoms with E-state index in [0.717, 1.165) is 0 Å². The van der Waals surface area contributed by atoms with Crippen molar-refractivity contribution in [3.63, 3.8) is 0 Å². The highest BCUT2D eigenvalue weighted by Crippen LogP contribution is 2.26. The van der Waals surface area contributed by atoms with Crippen LogP contribution in [0.4, 0.5) is 10.1 Å². The van der Waals surface area contributed by atoms with Crippen molar-refractivity contribution in [3.05, 3.63) is 71.1 Å². The lowest BCUT2D eigenvalue weighted by Crippen LogP contribution is -2.30. The molecule has 0 saturated heterocycles. The summed E-state index contributed by atoms with van der Waals surface area (Å²) in [7, 11) is 0. The maximum Gasteiger partial charge on any atom is 0.340 e. The van der Waals surface area contributed by atoms with Crippen LogP contribution < -0.4 is 5.32 Å². The lowest BCUT2D eigenvalue weighted by atomic mass is 10.2. The third-order valence-corrected chi connectivity index (χ3v) is 5.18. The molecule has 0 aliphatic heterocycles. The average molecular weight is 429 g/mol. The van der Waals surface area contributed by atoms with Gasteiger partial charge < -0.3 is 14.6 Å². The number of amides is 1. The van der Waals surface area contributed by atoms with Gasteiger partial charge in [0.05, 0.1) is 11.3 Å². The molecule has 1 aromatic heterocycles. The Morgan fingerprint density at radius 3 is 2.70 bits per heavy atom. The SMILES string of the molecule is Cc1noc(CSc2ccccc2C(=O)OC(C)C(=O)Nc2ccc(C)c(F)c2)n1. The highest BCUT2D eigenvalue weighted by Gasteiger charge is 2.21. The Hall–Kier alpha value is -3.20. The van der Waals surface area contributed by atoms with E-state index >= 15 is 0 Å². The van der Waals surface area contributed by atoms with Crippen molar-refractivity contribution < 1.29 is 23.2 Å². The van der Waals surface area contributed by atoms with Gasteiger partial charge in [-0.05, 0) is 50.6 Å². The third-order valence-electron chi connectivity index (χ3n) is 4.12. The van der Waals surface area contributed by atoms with Gasteiger partial charge in [-0.1, -0.05) is 23.4 Å². The molecule has 0 saturated carbocycles. The number of carbonyl (C=O) groups excluding carboxylic acids is 2. The van der Waals surface area contributed by atoms with Gasteiger partial charge >= 0.3 is 5.97 Å². The van der Waals surface area contributed by atoms with E-state index in [1.165, 1.54) is 24.8 Å². The molecule has 0 fully saturated rings. The fraction of sp³-hybridized carbons (Fsp3) is 0.238. The number of hydrogen-bond acceptors (Lipinski definition) is 7. The summed E-state index contributed by atoms with van der Waals surface area (Å²) in [5, 5.41) is 6.27. The topological polar surface area (TPSA) is 94.3 Å². The normalized spacial score (nSPS) is 11.7. The molecule has 3 aromatic rings. The summed E-state index contributed by atoms with van der Waals surface area (Å²) in [6.45, 7) is 4.80. The molecule has 9 heteroatoms. The molecule has 1 amide bonds. The van der Waals surface area contributed by atoms with E-state index in [0.29, 0.717) is 33.5 Å². The highest BCUT2D eigenvalue weighted by molar-refractivity contribution is 7.98. The Labute approximate surface area is 177 Å². The van der Waals surface area contributed by atoms with Crippen molar-refractivity contribution in [1.29, 1.82) is 0 Å². The van der Waals surface area contributed by atoms with Crippen LogP contribution in [-0.4, -0.2) is 28.1 Å². The molecule has 7 nitrogen and oxygen atoms in total. The number of aromatic nitrogens is 2. The number of rotatable bonds is 7. The monoisotopic (exact) mass is 429 g/mol. The summed E-state index contributed by atoms with van der Waals surface area (Å²) in [5.74, 6) is -0.263. The van der Waals surface area contributed by atoms with E-state index in [4.69, 9.17) is 9.26 Å². The van der Waals surface area contributed by atoms with Crippen LogP contribution in [0, 0.1) is 19.7 Å². The van der Waals surface area contributed by atoms with Gasteiger partial charge in [0.1, 0.15) is 5.82 Å². The van der Waals surface area contributed by atoms with E-state index in [9.17, 15) is 14.0 Å². The zero-order chi connectivity index (χ0) is 21.7. The maximum atomic E-state index is 13.6. The average Bonchev–Trinajstić information content (AvgIpc) is 3.14. The summed E-state index contributed by atoms with van der Waals surface area (Å²) in [6.07, 6.45) is -1.07. The quantitative estimate of drug-likeness (QED) is 0.442. The number of esters is 1. The number of anilines is 1. The number of thioether (sulfide) groups is 1. The minimum absolute atomic E-state index is 0.289. The number of hydrogen-bond donors (Lipinski definition) is 1. The molecule has 0 bridgehead atoms. The first-order valence-electron chi connectivity index (χ1n) is 9.12. The molecule has 1 N–H and O–H groups in total. The predicted molar refractivity (Wildman–Crippen MR) is 110 cm³/mol. The van der Waals surface area contributed by atoms with Crippen LogP contribution in [0.5, 0.6) is 0 Å². The minimum atomic E-state index is -1.07. The standard InChI is InChI=1S/C21H20FN3O4S/c1-12-8-9-15(10-17(12)22)24-20(26)13(2)28-21(27)16-6-4-5-7-18(16)30-11-19-23-14(3)25-29-19/h4-10,13H,11H2,1-3H3,(H,24,26). The van der Waals surface area contributed by atoms with Gasteiger partial charge in [-0.2, -0.15) is 4.98 Å². The number of nitrogens with one attached hydrogen (secondary N) is 1. The van der Waals surface area contributed by atoms with E-state index in [-0.39, 0.29) is 5.69 Å². The number of halogens is 1. The first kappa shape index (κ1) is 21.5. The molecule has 1 atom stereocenters. The lowest BCUT2D eigenvalue weighted by Gasteiger charge is -2.15. The third kappa shape index (κ3) is 5.44. The molecule has 1 unspecified atom stereocenters. The van der Waals surface area contributed by atoms with Crippen LogP contribution >= 0.6 is 11.8 Å². The molecule has 30 heavy (non-hydrogen) atoms. The first-order chi connectivity index (χ1) is 14.3. The summed E-state index contributed by atoms with van der Waals surface area (Å²) in [6, 6.07) is 11.2. The maximum absolute atomic E-state index is 13.6. The number of carbonyl (C=O) groups is 2. The summed E-state index contributed by atoms with van der Waals surface area (Å²) in [4.78, 5) is 29.7. The highest BCUT2D eigenvalue weighted by atomic mass is 32.2. The molecule has 0 radical (unpaired) electrons. The first-order valence-corrected chi connectivity index (χ1v) is 10.1. The van der Waals surface area contributed by atoms with Gasteiger partial charge in [-0.25, -0.2) is 9.18 Å². The van der Waals surface area contributed by atoms with E-state index in [2.05, 4.69) is 15.5 Å². The van der Waals surface area contributed by atoms with Crippen molar-refractivity contribution in [2.45, 2.75) is 37.5 Å². The van der Waals surface area contributed by atoms with Gasteiger partial charge in [0, 0.05) is 10.6 Å². The van der Waals surface area contributed by atoms with Crippen molar-refractivity contribution in [2.75, 3.05) is 5.32 Å². The van der Waals surface area contributed by atoms with Crippen LogP contribution in [0.1, 0.15) is 34.6 Å². The summed E-state index contributed by atoms with van der Waals surface area (Å²) in [5.41, 5.74) is 1.08. The summed E-state index contributed by atoms with van der Waals surface area (Å²) < 4.78 is 24.0. The second-order valence-corrected chi connectivity index (χ2v) is 7.54. The Bertz CT molecular complexity index is 1070. The van der Waals surface area contributed by atoms with Crippen LogP contribution in [0.25, 0.3) is 0 Å². The molecule has 2 aromatic carbocycles. The van der Waals surface area contributed by atoms with E-state index in [1.807, 2.05) is 0 Å². The second-order valence-electron chi connectivity index (χ2n) is 6.52. The molecular formula is C21H20FN3O4S. The van der Waals surface area contributed by atoms with Crippen LogP contribution in [0.15, 0.2) is 51.9 Å². The molecule has 3 rings (SSSR count). The Morgan fingerprint density at radius 1 is 1.23 bits per heavy atom. The van der Waals surface area contributed by atoms with E-state index < -0.39 is 23.8 Å². The molecule has 0 spiro atoms. The molecule has 0 aliphatic carbocycles. The van der Waals surface area contributed by atoms with Crippen molar-refractivity contribution in [3.8, 4) is 0 Å². The van der Waals surface area contributed by atoms with Crippen molar-refractivity contribution >= 4 is 29.3 Å². The Morgan fingerprint density at radius 2 is 2.00 bits per heavy atom. The number of aryl methyl sites for hydroxylation is 2. The fourth-order valence-corrected chi connectivity index (χ4v) is 3.37. The van der Waals surface area contributed by atoms with Gasteiger partial charge in [0.2, 0.25) is 5.89 Å². The largest absolute Gasteiger partial charge is 0.449 e. The Balaban J connectivity index is 1.63. The molecule has 0 aliphatic rings. The number of nitrogens with zero attached hydrogens (tertiary/aromatic N) is 2. The smallest absolute Gasteiger partial charge is 0.340 e. The van der Waals surface area contributed by atoms with Gasteiger partial charge in [0.25, 0.3) is 5.91 Å². The van der Waals surface area contributed by atoms with Gasteiger partial charge in [-0.15, -0.1) is 11.8 Å². The zero-order valence-corrected chi connectivity index (χ0v) is 17.5. The van der Waals surface area contributed by atoms with Crippen molar-refractivity contribution in [1.82, 2.24) is 10.1 Å². The van der Waals surface area contributed by atoms with Crippen LogP contribution in [0.2, 0.25) is 0 Å². The number of ether oxygens (including phenoxy) is 1. The zero-order valence-electron chi connectivity index (χ0n) is 16.6. The number of benzene rings is 2. The van der Waals surface area contributed by atoms with Gasteiger partial charge in [0.15, 0.2) is 11.9 Å². The Kier molecular flexibility index (Phi) is 6.83. The van der Waals surface area contributed by atoms with Crippen LogP contribution in [0.3, 0.4) is 0 Å². The van der Waals surface area contributed by atoms with Crippen LogP contribution in [-0.2, 0) is 15.3 Å². The molecular weight excluding hydrogens is 409 g/mol. The van der Waals surface area contributed by atoms with Crippen molar-refractivity contribution in [2.24, 2.45) is 0 Å². The predicted octanol–water partition coefficient (Wildman–Crippen LogP) is 4.30. The second kappa shape index (κ2) is 9.53. The van der Waals surface area contributed by atoms with E-state index in [1.54, 1.807) is 50.2 Å². The fourth-order valence-electron chi connectivity index (χ4n) is 2.49.